The molecule has 0 fully saturated rings. The highest BCUT2D eigenvalue weighted by atomic mass is 19.3. The molecule has 0 spiro atoms. The fourth-order valence-electron chi connectivity index (χ4n) is 1.56. The van der Waals surface area contributed by atoms with E-state index in [0.29, 0.717) is 5.56 Å². The maximum atomic E-state index is 12.0. The third-order valence-electron chi connectivity index (χ3n) is 2.52. The average molecular weight is 324 g/mol. The van der Waals surface area contributed by atoms with Gasteiger partial charge in [-0.1, -0.05) is 0 Å². The van der Waals surface area contributed by atoms with E-state index in [1.54, 1.807) is 0 Å². The van der Waals surface area contributed by atoms with Gasteiger partial charge in [0.05, 0.1) is 11.1 Å². The van der Waals surface area contributed by atoms with E-state index in [2.05, 4.69) is 25.2 Å². The molecular weight excluding hydrogens is 314 g/mol. The normalized spacial score (nSPS) is 10.9. The highest BCUT2D eigenvalue weighted by Gasteiger charge is 2.20. The SMILES string of the molecule is Nc1ncnc(NN=Cc2ccc(OC(F)F)cc2)c1[N+](=O)[O-]. The van der Waals surface area contributed by atoms with Gasteiger partial charge in [0.25, 0.3) is 0 Å². The molecule has 0 radical (unpaired) electrons. The van der Waals surface area contributed by atoms with Crippen LogP contribution in [0.2, 0.25) is 0 Å². The van der Waals surface area contributed by atoms with Crippen LogP contribution in [0.25, 0.3) is 0 Å². The maximum absolute atomic E-state index is 12.0. The molecule has 2 rings (SSSR count). The molecular formula is C12H10F2N6O3. The molecule has 0 saturated carbocycles. The first-order valence-electron chi connectivity index (χ1n) is 6.06. The topological polar surface area (TPSA) is 129 Å². The van der Waals surface area contributed by atoms with Crippen LogP contribution in [0.1, 0.15) is 5.56 Å². The van der Waals surface area contributed by atoms with E-state index >= 15 is 0 Å². The molecule has 0 aliphatic heterocycles. The van der Waals surface area contributed by atoms with Gasteiger partial charge in [-0.3, -0.25) is 15.5 Å². The Morgan fingerprint density at radius 3 is 2.65 bits per heavy atom. The minimum atomic E-state index is -2.90. The zero-order valence-corrected chi connectivity index (χ0v) is 11.4. The number of benzene rings is 1. The van der Waals surface area contributed by atoms with E-state index < -0.39 is 17.2 Å². The lowest BCUT2D eigenvalue weighted by atomic mass is 10.2. The predicted molar refractivity (Wildman–Crippen MR) is 77.4 cm³/mol. The van der Waals surface area contributed by atoms with Crippen LogP contribution in [-0.2, 0) is 0 Å². The number of anilines is 2. The van der Waals surface area contributed by atoms with Crippen molar-refractivity contribution < 1.29 is 18.4 Å². The van der Waals surface area contributed by atoms with Crippen molar-refractivity contribution in [1.82, 2.24) is 9.97 Å². The van der Waals surface area contributed by atoms with Crippen molar-refractivity contribution in [3.63, 3.8) is 0 Å². The largest absolute Gasteiger partial charge is 0.435 e. The van der Waals surface area contributed by atoms with E-state index in [0.717, 1.165) is 6.33 Å². The summed E-state index contributed by atoms with van der Waals surface area (Å²) in [6, 6.07) is 5.62. The molecule has 1 aromatic heterocycles. The van der Waals surface area contributed by atoms with Gasteiger partial charge in [-0.05, 0) is 29.8 Å². The first kappa shape index (κ1) is 16.0. The molecule has 11 heteroatoms. The Balaban J connectivity index is 2.08. The van der Waals surface area contributed by atoms with Gasteiger partial charge in [-0.25, -0.2) is 9.97 Å². The number of alkyl halides is 2. The van der Waals surface area contributed by atoms with Crippen molar-refractivity contribution in [1.29, 1.82) is 0 Å². The Bertz CT molecular complexity index is 723. The monoisotopic (exact) mass is 324 g/mol. The number of nitrogens with zero attached hydrogens (tertiary/aromatic N) is 4. The molecule has 0 unspecified atom stereocenters. The van der Waals surface area contributed by atoms with Gasteiger partial charge in [0.2, 0.25) is 11.6 Å². The number of hydrogen-bond acceptors (Lipinski definition) is 8. The standard InChI is InChI=1S/C12H10F2N6O3/c13-12(14)23-8-3-1-7(2-4-8)5-18-19-11-9(20(21)22)10(15)16-6-17-11/h1-6,12H,(H3,15,16,17,19). The lowest BCUT2D eigenvalue weighted by Crippen LogP contribution is -2.04. The van der Waals surface area contributed by atoms with Crippen molar-refractivity contribution in [2.75, 3.05) is 11.2 Å². The van der Waals surface area contributed by atoms with Crippen LogP contribution in [0, 0.1) is 10.1 Å². The summed E-state index contributed by atoms with van der Waals surface area (Å²) in [6.45, 7) is -2.90. The molecule has 1 aromatic carbocycles. The van der Waals surface area contributed by atoms with Gasteiger partial charge in [-0.2, -0.15) is 13.9 Å². The highest BCUT2D eigenvalue weighted by Crippen LogP contribution is 2.26. The molecule has 0 saturated heterocycles. The Morgan fingerprint density at radius 2 is 2.04 bits per heavy atom. The van der Waals surface area contributed by atoms with Crippen molar-refractivity contribution in [3.8, 4) is 5.75 Å². The van der Waals surface area contributed by atoms with E-state index in [9.17, 15) is 18.9 Å². The molecule has 120 valence electrons. The summed E-state index contributed by atoms with van der Waals surface area (Å²) in [5.41, 5.74) is 7.83. The van der Waals surface area contributed by atoms with Gasteiger partial charge < -0.3 is 10.5 Å². The van der Waals surface area contributed by atoms with Crippen LogP contribution >= 0.6 is 0 Å². The van der Waals surface area contributed by atoms with Gasteiger partial charge in [0, 0.05) is 0 Å². The van der Waals surface area contributed by atoms with E-state index in [1.807, 2.05) is 0 Å². The summed E-state index contributed by atoms with van der Waals surface area (Å²) in [5.74, 6) is -0.461. The first-order valence-corrected chi connectivity index (χ1v) is 6.06. The van der Waals surface area contributed by atoms with Crippen molar-refractivity contribution in [2.45, 2.75) is 6.61 Å². The number of rotatable bonds is 6. The average Bonchev–Trinajstić information content (AvgIpc) is 2.48. The summed E-state index contributed by atoms with van der Waals surface area (Å²) in [5, 5.41) is 14.7. The van der Waals surface area contributed by atoms with Crippen LogP contribution in [0.4, 0.5) is 26.1 Å². The number of nitro groups is 1. The second kappa shape index (κ2) is 7.06. The Kier molecular flexibility index (Phi) is 4.92. The number of ether oxygens (including phenoxy) is 1. The maximum Gasteiger partial charge on any atom is 0.387 e. The zero-order valence-electron chi connectivity index (χ0n) is 11.4. The number of hydrogen-bond donors (Lipinski definition) is 2. The molecule has 0 amide bonds. The third-order valence-corrected chi connectivity index (χ3v) is 2.52. The van der Waals surface area contributed by atoms with E-state index in [-0.39, 0.29) is 17.4 Å². The molecule has 2 aromatic rings. The molecule has 23 heavy (non-hydrogen) atoms. The summed E-state index contributed by atoms with van der Waals surface area (Å²) < 4.78 is 28.2. The fraction of sp³-hybridized carbons (Fsp3) is 0.0833. The Hall–Kier alpha value is -3.37. The van der Waals surface area contributed by atoms with Crippen LogP contribution in [0.3, 0.4) is 0 Å². The lowest BCUT2D eigenvalue weighted by molar-refractivity contribution is -0.383. The van der Waals surface area contributed by atoms with Crippen LogP contribution in [0.5, 0.6) is 5.75 Å². The second-order valence-electron chi connectivity index (χ2n) is 4.03. The van der Waals surface area contributed by atoms with Gasteiger partial charge in [-0.15, -0.1) is 0 Å². The molecule has 0 aliphatic rings. The van der Waals surface area contributed by atoms with Gasteiger partial charge in [0.1, 0.15) is 12.1 Å². The van der Waals surface area contributed by atoms with Crippen LogP contribution in [0.15, 0.2) is 35.7 Å². The quantitative estimate of drug-likeness (QED) is 0.472. The van der Waals surface area contributed by atoms with Crippen LogP contribution in [-0.4, -0.2) is 27.7 Å². The third kappa shape index (κ3) is 4.30. The van der Waals surface area contributed by atoms with Crippen LogP contribution < -0.4 is 15.9 Å². The summed E-state index contributed by atoms with van der Waals surface area (Å²) >= 11 is 0. The minimum Gasteiger partial charge on any atom is -0.435 e. The second-order valence-corrected chi connectivity index (χ2v) is 4.03. The molecule has 1 heterocycles. The smallest absolute Gasteiger partial charge is 0.387 e. The summed E-state index contributed by atoms with van der Waals surface area (Å²) in [7, 11) is 0. The number of nitrogen functional groups attached to an aromatic ring is 1. The molecule has 9 nitrogen and oxygen atoms in total. The fourth-order valence-corrected chi connectivity index (χ4v) is 1.56. The van der Waals surface area contributed by atoms with Crippen molar-refractivity contribution in [3.05, 3.63) is 46.3 Å². The molecule has 3 N–H and O–H groups in total. The lowest BCUT2D eigenvalue weighted by Gasteiger charge is -2.04. The summed E-state index contributed by atoms with van der Waals surface area (Å²) in [4.78, 5) is 17.3. The number of nitrogens with two attached hydrogens (primary N) is 1. The summed E-state index contributed by atoms with van der Waals surface area (Å²) in [6.07, 6.45) is 2.37. The van der Waals surface area contributed by atoms with E-state index in [4.69, 9.17) is 5.73 Å². The molecule has 0 atom stereocenters. The van der Waals surface area contributed by atoms with Gasteiger partial charge >= 0.3 is 12.3 Å². The highest BCUT2D eigenvalue weighted by molar-refractivity contribution is 5.80. The predicted octanol–water partition coefficient (Wildman–Crippen LogP) is 2.01. The Labute approximate surface area is 128 Å². The number of nitrogens with one attached hydrogen (secondary N) is 1. The number of halogens is 2. The number of hydrazone groups is 1. The minimum absolute atomic E-state index is 0.00400. The zero-order chi connectivity index (χ0) is 16.8. The number of aromatic nitrogens is 2. The molecule has 0 aliphatic carbocycles. The van der Waals surface area contributed by atoms with Crippen molar-refractivity contribution in [2.24, 2.45) is 5.10 Å². The Morgan fingerprint density at radius 1 is 1.35 bits per heavy atom. The first-order chi connectivity index (χ1) is 11.0. The molecule has 0 bridgehead atoms. The van der Waals surface area contributed by atoms with E-state index in [1.165, 1.54) is 30.5 Å². The van der Waals surface area contributed by atoms with Crippen molar-refractivity contribution >= 4 is 23.5 Å². The van der Waals surface area contributed by atoms with Gasteiger partial charge in [0.15, 0.2) is 0 Å².